The van der Waals surface area contributed by atoms with Crippen LogP contribution in [-0.2, 0) is 6.54 Å². The summed E-state index contributed by atoms with van der Waals surface area (Å²) in [6.45, 7) is 4.55. The van der Waals surface area contributed by atoms with Crippen LogP contribution in [0.4, 0.5) is 0 Å². The van der Waals surface area contributed by atoms with E-state index in [1.165, 1.54) is 47.8 Å². The van der Waals surface area contributed by atoms with Crippen LogP contribution in [0.15, 0.2) is 24.3 Å². The number of halogens is 1. The normalized spacial score (nSPS) is 18.5. The molecule has 0 aliphatic heterocycles. The van der Waals surface area contributed by atoms with Crippen LogP contribution in [0.1, 0.15) is 44.6 Å². The second-order valence-corrected chi connectivity index (χ2v) is 6.54. The SMILES string of the molecule is CCC1(CNCc2cccc(I)c2)CCCC1. The van der Waals surface area contributed by atoms with Crippen molar-refractivity contribution in [1.29, 1.82) is 0 Å². The summed E-state index contributed by atoms with van der Waals surface area (Å²) in [6, 6.07) is 8.77. The highest BCUT2D eigenvalue weighted by Crippen LogP contribution is 2.40. The molecule has 0 heterocycles. The van der Waals surface area contributed by atoms with Gasteiger partial charge in [-0.05, 0) is 65.0 Å². The average molecular weight is 343 g/mol. The molecule has 1 aromatic carbocycles. The molecule has 1 saturated carbocycles. The van der Waals surface area contributed by atoms with E-state index in [2.05, 4.69) is 59.1 Å². The highest BCUT2D eigenvalue weighted by molar-refractivity contribution is 14.1. The summed E-state index contributed by atoms with van der Waals surface area (Å²) in [5.74, 6) is 0. The lowest BCUT2D eigenvalue weighted by atomic mass is 9.83. The lowest BCUT2D eigenvalue weighted by molar-refractivity contribution is 0.268. The van der Waals surface area contributed by atoms with Gasteiger partial charge in [-0.3, -0.25) is 0 Å². The first kappa shape index (κ1) is 13.3. The second-order valence-electron chi connectivity index (χ2n) is 5.29. The number of benzene rings is 1. The molecule has 1 N–H and O–H groups in total. The molecular formula is C15H22IN. The molecule has 1 nitrogen and oxygen atoms in total. The van der Waals surface area contributed by atoms with Crippen molar-refractivity contribution in [3.63, 3.8) is 0 Å². The summed E-state index contributed by atoms with van der Waals surface area (Å²) in [4.78, 5) is 0. The monoisotopic (exact) mass is 343 g/mol. The zero-order valence-corrected chi connectivity index (χ0v) is 12.8. The van der Waals surface area contributed by atoms with Gasteiger partial charge in [0.1, 0.15) is 0 Å². The Bertz CT molecular complexity index is 356. The fraction of sp³-hybridized carbons (Fsp3) is 0.600. The van der Waals surface area contributed by atoms with Crippen molar-refractivity contribution in [3.05, 3.63) is 33.4 Å². The Morgan fingerprint density at radius 3 is 2.71 bits per heavy atom. The summed E-state index contributed by atoms with van der Waals surface area (Å²) >= 11 is 2.38. The van der Waals surface area contributed by atoms with Gasteiger partial charge in [0, 0.05) is 16.7 Å². The molecule has 1 aliphatic carbocycles. The van der Waals surface area contributed by atoms with E-state index >= 15 is 0 Å². The lowest BCUT2D eigenvalue weighted by Crippen LogP contribution is -2.31. The Hall–Kier alpha value is -0.0900. The van der Waals surface area contributed by atoms with E-state index < -0.39 is 0 Å². The molecule has 0 bridgehead atoms. The Morgan fingerprint density at radius 2 is 2.06 bits per heavy atom. The van der Waals surface area contributed by atoms with Crippen molar-refractivity contribution < 1.29 is 0 Å². The summed E-state index contributed by atoms with van der Waals surface area (Å²) in [6.07, 6.45) is 7.02. The maximum atomic E-state index is 3.66. The largest absolute Gasteiger partial charge is 0.312 e. The molecule has 0 amide bonds. The lowest BCUT2D eigenvalue weighted by Gasteiger charge is -2.27. The van der Waals surface area contributed by atoms with Gasteiger partial charge in [-0.1, -0.05) is 31.9 Å². The Kier molecular flexibility index (Phi) is 4.86. The van der Waals surface area contributed by atoms with Crippen LogP contribution in [0.3, 0.4) is 0 Å². The first-order chi connectivity index (χ1) is 8.24. The zero-order valence-electron chi connectivity index (χ0n) is 10.6. The van der Waals surface area contributed by atoms with Crippen LogP contribution >= 0.6 is 22.6 Å². The zero-order chi connectivity index (χ0) is 12.1. The fourth-order valence-electron chi connectivity index (χ4n) is 2.90. The molecule has 0 saturated heterocycles. The van der Waals surface area contributed by atoms with Crippen LogP contribution in [-0.4, -0.2) is 6.54 Å². The fourth-order valence-corrected chi connectivity index (χ4v) is 3.51. The van der Waals surface area contributed by atoms with Crippen LogP contribution in [0.2, 0.25) is 0 Å². The van der Waals surface area contributed by atoms with Crippen LogP contribution in [0.5, 0.6) is 0 Å². The molecule has 2 heteroatoms. The third kappa shape index (κ3) is 3.68. The van der Waals surface area contributed by atoms with Gasteiger partial charge in [0.15, 0.2) is 0 Å². The highest BCUT2D eigenvalue weighted by Gasteiger charge is 2.31. The van der Waals surface area contributed by atoms with Crippen LogP contribution in [0, 0.1) is 8.99 Å². The summed E-state index contributed by atoms with van der Waals surface area (Å²) in [7, 11) is 0. The van der Waals surface area contributed by atoms with E-state index in [0.29, 0.717) is 5.41 Å². The van der Waals surface area contributed by atoms with Crippen molar-refractivity contribution in [2.45, 2.75) is 45.6 Å². The molecule has 1 fully saturated rings. The molecule has 94 valence electrons. The molecule has 1 aliphatic rings. The van der Waals surface area contributed by atoms with E-state index in [9.17, 15) is 0 Å². The Balaban J connectivity index is 1.82. The topological polar surface area (TPSA) is 12.0 Å². The van der Waals surface area contributed by atoms with Gasteiger partial charge in [0.05, 0.1) is 0 Å². The van der Waals surface area contributed by atoms with Crippen LogP contribution in [0.25, 0.3) is 0 Å². The molecule has 0 aromatic heterocycles. The Morgan fingerprint density at radius 1 is 1.29 bits per heavy atom. The van der Waals surface area contributed by atoms with Gasteiger partial charge in [-0.25, -0.2) is 0 Å². The van der Waals surface area contributed by atoms with Gasteiger partial charge < -0.3 is 5.32 Å². The molecular weight excluding hydrogens is 321 g/mol. The van der Waals surface area contributed by atoms with E-state index in [1.54, 1.807) is 0 Å². The van der Waals surface area contributed by atoms with Gasteiger partial charge in [-0.2, -0.15) is 0 Å². The number of hydrogen-bond acceptors (Lipinski definition) is 1. The smallest absolute Gasteiger partial charge is 0.0206 e. The van der Waals surface area contributed by atoms with E-state index in [-0.39, 0.29) is 0 Å². The van der Waals surface area contributed by atoms with E-state index in [1.807, 2.05) is 0 Å². The first-order valence-corrected chi connectivity index (χ1v) is 7.77. The Labute approximate surface area is 119 Å². The van der Waals surface area contributed by atoms with Gasteiger partial charge in [0.25, 0.3) is 0 Å². The first-order valence-electron chi connectivity index (χ1n) is 6.69. The maximum Gasteiger partial charge on any atom is 0.0206 e. The summed E-state index contributed by atoms with van der Waals surface area (Å²) < 4.78 is 1.33. The third-order valence-corrected chi connectivity index (χ3v) is 4.80. The minimum absolute atomic E-state index is 0.599. The van der Waals surface area contributed by atoms with Crippen molar-refractivity contribution >= 4 is 22.6 Å². The molecule has 0 unspecified atom stereocenters. The van der Waals surface area contributed by atoms with Crippen molar-refractivity contribution in [2.75, 3.05) is 6.54 Å². The van der Waals surface area contributed by atoms with Gasteiger partial charge in [0.2, 0.25) is 0 Å². The minimum atomic E-state index is 0.599. The van der Waals surface area contributed by atoms with Gasteiger partial charge in [-0.15, -0.1) is 0 Å². The van der Waals surface area contributed by atoms with E-state index in [0.717, 1.165) is 6.54 Å². The summed E-state index contributed by atoms with van der Waals surface area (Å²) in [5, 5.41) is 3.66. The van der Waals surface area contributed by atoms with Crippen molar-refractivity contribution in [2.24, 2.45) is 5.41 Å². The maximum absolute atomic E-state index is 3.66. The van der Waals surface area contributed by atoms with Crippen molar-refractivity contribution in [1.82, 2.24) is 5.32 Å². The number of rotatable bonds is 5. The molecule has 0 radical (unpaired) electrons. The van der Waals surface area contributed by atoms with E-state index in [4.69, 9.17) is 0 Å². The molecule has 1 aromatic rings. The van der Waals surface area contributed by atoms with Crippen LogP contribution < -0.4 is 5.32 Å². The third-order valence-electron chi connectivity index (χ3n) is 4.13. The average Bonchev–Trinajstić information content (AvgIpc) is 2.79. The molecule has 2 rings (SSSR count). The molecule has 0 atom stereocenters. The predicted octanol–water partition coefficient (Wildman–Crippen LogP) is 4.35. The molecule has 0 spiro atoms. The molecule has 17 heavy (non-hydrogen) atoms. The second kappa shape index (κ2) is 6.19. The highest BCUT2D eigenvalue weighted by atomic mass is 127. The quantitative estimate of drug-likeness (QED) is 0.784. The number of nitrogens with one attached hydrogen (secondary N) is 1. The van der Waals surface area contributed by atoms with Gasteiger partial charge >= 0.3 is 0 Å². The number of hydrogen-bond donors (Lipinski definition) is 1. The van der Waals surface area contributed by atoms with Crippen molar-refractivity contribution in [3.8, 4) is 0 Å². The predicted molar refractivity (Wildman–Crippen MR) is 82.1 cm³/mol. The summed E-state index contributed by atoms with van der Waals surface area (Å²) in [5.41, 5.74) is 2.00. The minimum Gasteiger partial charge on any atom is -0.312 e. The standard InChI is InChI=1S/C15H22IN/c1-2-15(8-3-4-9-15)12-17-11-13-6-5-7-14(16)10-13/h5-7,10,17H,2-4,8-9,11-12H2,1H3.